The second kappa shape index (κ2) is 9.37. The highest BCUT2D eigenvalue weighted by Crippen LogP contribution is 2.23. The maximum Gasteiger partial charge on any atom is 0.237 e. The van der Waals surface area contributed by atoms with E-state index in [4.69, 9.17) is 0 Å². The molecular weight excluding hydrogens is 374 g/mol. The van der Waals surface area contributed by atoms with Crippen LogP contribution in [0.3, 0.4) is 0 Å². The monoisotopic (exact) mass is 407 g/mol. The summed E-state index contributed by atoms with van der Waals surface area (Å²) >= 11 is 0. The van der Waals surface area contributed by atoms with Gasteiger partial charge in [0.05, 0.1) is 11.8 Å². The largest absolute Gasteiger partial charge is 0.352 e. The fraction of sp³-hybridized carbons (Fsp3) is 0.667. The van der Waals surface area contributed by atoms with Crippen molar-refractivity contribution in [2.75, 3.05) is 26.2 Å². The summed E-state index contributed by atoms with van der Waals surface area (Å²) in [4.78, 5) is 14.7. The van der Waals surface area contributed by atoms with Crippen molar-refractivity contribution in [1.29, 1.82) is 0 Å². The molecule has 1 aromatic carbocycles. The SMILES string of the molecule is CC1CCC(NC(=O)C(C)N2CCN(S(=O)(=O)Cc3ccccc3)CC2)CC1. The maximum atomic E-state index is 12.7. The predicted octanol–water partition coefficient (Wildman–Crippen LogP) is 2.22. The Balaban J connectivity index is 1.48. The summed E-state index contributed by atoms with van der Waals surface area (Å²) < 4.78 is 26.9. The van der Waals surface area contributed by atoms with Gasteiger partial charge in [0, 0.05) is 32.2 Å². The standard InChI is InChI=1S/C21H33N3O3S/c1-17-8-10-20(11-9-17)22-21(25)18(2)23-12-14-24(15-13-23)28(26,27)16-19-6-4-3-5-7-19/h3-7,17-18,20H,8-16H2,1-2H3,(H,22,25). The summed E-state index contributed by atoms with van der Waals surface area (Å²) in [6.45, 7) is 6.25. The summed E-state index contributed by atoms with van der Waals surface area (Å²) in [5, 5.41) is 3.20. The fourth-order valence-corrected chi connectivity index (χ4v) is 5.65. The molecule has 156 valence electrons. The summed E-state index contributed by atoms with van der Waals surface area (Å²) in [5.41, 5.74) is 0.805. The molecule has 1 heterocycles. The van der Waals surface area contributed by atoms with Crippen LogP contribution in [0.4, 0.5) is 0 Å². The fourth-order valence-electron chi connectivity index (χ4n) is 4.14. The molecule has 0 spiro atoms. The number of benzene rings is 1. The van der Waals surface area contributed by atoms with Gasteiger partial charge in [-0.05, 0) is 44.1 Å². The first-order chi connectivity index (χ1) is 13.3. The molecule has 3 rings (SSSR count). The highest BCUT2D eigenvalue weighted by atomic mass is 32.2. The van der Waals surface area contributed by atoms with E-state index in [2.05, 4.69) is 17.1 Å². The normalized spacial score (nSPS) is 25.9. The number of nitrogens with zero attached hydrogens (tertiary/aromatic N) is 2. The van der Waals surface area contributed by atoms with Crippen molar-refractivity contribution in [1.82, 2.24) is 14.5 Å². The molecule has 0 bridgehead atoms. The first-order valence-electron chi connectivity index (χ1n) is 10.4. The van der Waals surface area contributed by atoms with Crippen LogP contribution in [-0.2, 0) is 20.6 Å². The van der Waals surface area contributed by atoms with Crippen LogP contribution in [-0.4, -0.2) is 61.8 Å². The lowest BCUT2D eigenvalue weighted by atomic mass is 9.87. The molecule has 1 unspecified atom stereocenters. The van der Waals surface area contributed by atoms with Gasteiger partial charge in [-0.1, -0.05) is 37.3 Å². The minimum Gasteiger partial charge on any atom is -0.352 e. The van der Waals surface area contributed by atoms with E-state index in [0.29, 0.717) is 32.2 Å². The summed E-state index contributed by atoms with van der Waals surface area (Å²) in [6.07, 6.45) is 4.48. The van der Waals surface area contributed by atoms with Gasteiger partial charge in [0.25, 0.3) is 0 Å². The Morgan fingerprint density at radius 2 is 1.68 bits per heavy atom. The highest BCUT2D eigenvalue weighted by molar-refractivity contribution is 7.88. The number of nitrogens with one attached hydrogen (secondary N) is 1. The number of piperazine rings is 1. The van der Waals surface area contributed by atoms with E-state index in [9.17, 15) is 13.2 Å². The quantitative estimate of drug-likeness (QED) is 0.785. The van der Waals surface area contributed by atoms with Crippen LogP contribution >= 0.6 is 0 Å². The van der Waals surface area contributed by atoms with Crippen LogP contribution in [0.15, 0.2) is 30.3 Å². The lowest BCUT2D eigenvalue weighted by Gasteiger charge is -2.37. The van der Waals surface area contributed by atoms with Crippen LogP contribution in [0.1, 0.15) is 45.1 Å². The van der Waals surface area contributed by atoms with Crippen molar-refractivity contribution in [3.63, 3.8) is 0 Å². The van der Waals surface area contributed by atoms with Crippen LogP contribution in [0.2, 0.25) is 0 Å². The second-order valence-electron chi connectivity index (χ2n) is 8.32. The van der Waals surface area contributed by atoms with Crippen LogP contribution in [0, 0.1) is 5.92 Å². The molecule has 1 saturated carbocycles. The van der Waals surface area contributed by atoms with E-state index in [-0.39, 0.29) is 17.7 Å². The van der Waals surface area contributed by atoms with Crippen LogP contribution in [0.5, 0.6) is 0 Å². The molecular formula is C21H33N3O3S. The topological polar surface area (TPSA) is 69.7 Å². The molecule has 28 heavy (non-hydrogen) atoms. The third-order valence-electron chi connectivity index (χ3n) is 6.15. The minimum atomic E-state index is -3.33. The van der Waals surface area contributed by atoms with E-state index in [0.717, 1.165) is 24.3 Å². The Morgan fingerprint density at radius 1 is 1.07 bits per heavy atom. The Hall–Kier alpha value is -1.44. The second-order valence-corrected chi connectivity index (χ2v) is 10.3. The van der Waals surface area contributed by atoms with E-state index in [1.807, 2.05) is 37.3 Å². The van der Waals surface area contributed by atoms with Gasteiger partial charge < -0.3 is 5.32 Å². The number of hydrogen-bond donors (Lipinski definition) is 1. The zero-order valence-electron chi connectivity index (χ0n) is 17.0. The Morgan fingerprint density at radius 3 is 2.29 bits per heavy atom. The first-order valence-corrected chi connectivity index (χ1v) is 12.0. The Kier molecular flexibility index (Phi) is 7.12. The molecule has 1 saturated heterocycles. The molecule has 2 fully saturated rings. The maximum absolute atomic E-state index is 12.7. The van der Waals surface area contributed by atoms with Gasteiger partial charge in [-0.25, -0.2) is 8.42 Å². The zero-order valence-corrected chi connectivity index (χ0v) is 17.8. The predicted molar refractivity (Wildman–Crippen MR) is 111 cm³/mol. The number of carbonyl (C=O) groups is 1. The van der Waals surface area contributed by atoms with Crippen molar-refractivity contribution in [3.8, 4) is 0 Å². The zero-order chi connectivity index (χ0) is 20.1. The van der Waals surface area contributed by atoms with Gasteiger partial charge in [-0.15, -0.1) is 0 Å². The average Bonchev–Trinajstić information content (AvgIpc) is 2.69. The number of hydrogen-bond acceptors (Lipinski definition) is 4. The van der Waals surface area contributed by atoms with Gasteiger partial charge in [0.15, 0.2) is 0 Å². The molecule has 2 aliphatic rings. The van der Waals surface area contributed by atoms with E-state index < -0.39 is 10.0 Å². The summed E-state index contributed by atoms with van der Waals surface area (Å²) in [5.74, 6) is 0.862. The minimum absolute atomic E-state index is 0.0317. The van der Waals surface area contributed by atoms with Crippen molar-refractivity contribution in [3.05, 3.63) is 35.9 Å². The molecule has 1 aliphatic carbocycles. The highest BCUT2D eigenvalue weighted by Gasteiger charge is 2.31. The first kappa shape index (κ1) is 21.3. The third-order valence-corrected chi connectivity index (χ3v) is 8.00. The molecule has 6 nitrogen and oxygen atoms in total. The van der Waals surface area contributed by atoms with E-state index >= 15 is 0 Å². The molecule has 1 atom stereocenters. The molecule has 1 N–H and O–H groups in total. The van der Waals surface area contributed by atoms with E-state index in [1.165, 1.54) is 12.8 Å². The van der Waals surface area contributed by atoms with E-state index in [1.54, 1.807) is 4.31 Å². The molecule has 1 amide bonds. The number of amides is 1. The third kappa shape index (κ3) is 5.55. The Bertz CT molecular complexity index is 737. The molecule has 1 aliphatic heterocycles. The van der Waals surface area contributed by atoms with Gasteiger partial charge in [-0.2, -0.15) is 4.31 Å². The lowest BCUT2D eigenvalue weighted by Crippen LogP contribution is -2.56. The average molecular weight is 408 g/mol. The molecule has 0 radical (unpaired) electrons. The van der Waals surface area contributed by atoms with Crippen molar-refractivity contribution in [2.45, 2.75) is 57.4 Å². The lowest BCUT2D eigenvalue weighted by molar-refractivity contribution is -0.127. The van der Waals surface area contributed by atoms with Gasteiger partial charge in [-0.3, -0.25) is 9.69 Å². The van der Waals surface area contributed by atoms with Crippen molar-refractivity contribution >= 4 is 15.9 Å². The summed E-state index contributed by atoms with van der Waals surface area (Å²) in [7, 11) is -3.33. The van der Waals surface area contributed by atoms with Gasteiger partial charge in [0.1, 0.15) is 0 Å². The Labute approximate surface area is 169 Å². The van der Waals surface area contributed by atoms with Crippen molar-refractivity contribution in [2.24, 2.45) is 5.92 Å². The van der Waals surface area contributed by atoms with Gasteiger partial charge in [0.2, 0.25) is 15.9 Å². The molecule has 1 aromatic rings. The number of rotatable bonds is 6. The van der Waals surface area contributed by atoms with Crippen LogP contribution in [0.25, 0.3) is 0 Å². The number of carbonyl (C=O) groups excluding carboxylic acids is 1. The smallest absolute Gasteiger partial charge is 0.237 e. The van der Waals surface area contributed by atoms with Gasteiger partial charge >= 0.3 is 0 Å². The molecule has 7 heteroatoms. The van der Waals surface area contributed by atoms with Crippen LogP contribution < -0.4 is 5.32 Å². The van der Waals surface area contributed by atoms with Crippen molar-refractivity contribution < 1.29 is 13.2 Å². The summed E-state index contributed by atoms with van der Waals surface area (Å²) in [6, 6.07) is 9.34. The number of sulfonamides is 1. The molecule has 0 aromatic heterocycles.